The van der Waals surface area contributed by atoms with E-state index in [1.54, 1.807) is 55.5 Å². The van der Waals surface area contributed by atoms with Crippen molar-refractivity contribution >= 4 is 29.7 Å². The number of nitrogens with zero attached hydrogens (tertiary/aromatic N) is 1. The fourth-order valence-corrected chi connectivity index (χ4v) is 5.00. The first-order chi connectivity index (χ1) is 23.8. The molecule has 12 heteroatoms. The molecule has 0 spiro atoms. The van der Waals surface area contributed by atoms with Crippen molar-refractivity contribution in [3.05, 3.63) is 118 Å². The van der Waals surface area contributed by atoms with E-state index in [1.165, 1.54) is 50.2 Å². The topological polar surface area (TPSA) is 177 Å². The molecular weight excluding hydrogens is 646 g/mol. The van der Waals surface area contributed by atoms with Crippen LogP contribution in [0.1, 0.15) is 87.2 Å². The Hall–Kier alpha value is -6.01. The number of aromatic carboxylic acids is 1. The number of para-hydroxylation sites is 3. The van der Waals surface area contributed by atoms with Crippen molar-refractivity contribution in [3.8, 4) is 23.0 Å². The molecule has 262 valence electrons. The minimum atomic E-state index is -1.21. The maximum atomic E-state index is 12.6. The molecule has 0 radical (unpaired) electrons. The Morgan fingerprint density at radius 2 is 1.24 bits per heavy atom. The third-order valence-electron chi connectivity index (χ3n) is 7.49. The number of esters is 3. The number of hydrogen-bond donors (Lipinski definition) is 3. The summed E-state index contributed by atoms with van der Waals surface area (Å²) < 4.78 is 15.5. The average molecular weight is 686 g/mol. The Labute approximate surface area is 289 Å². The summed E-state index contributed by atoms with van der Waals surface area (Å²) >= 11 is 0. The molecule has 0 aliphatic heterocycles. The Bertz CT molecular complexity index is 1860. The van der Waals surface area contributed by atoms with Crippen LogP contribution in [0.4, 0.5) is 0 Å². The highest BCUT2D eigenvalue weighted by Crippen LogP contribution is 2.31. The highest BCUT2D eigenvalue weighted by molar-refractivity contribution is 6.03. The van der Waals surface area contributed by atoms with Gasteiger partial charge in [-0.1, -0.05) is 62.4 Å². The zero-order valence-electron chi connectivity index (χ0n) is 28.3. The lowest BCUT2D eigenvalue weighted by molar-refractivity contribution is -0.131. The number of carbonyl (C=O) groups excluding carboxylic acids is 4. The predicted octanol–water partition coefficient (Wildman–Crippen LogP) is 6.27. The second-order valence-corrected chi connectivity index (χ2v) is 10.9. The molecule has 12 nitrogen and oxygen atoms in total. The molecule has 0 aromatic heterocycles. The normalized spacial score (nSPS) is 11.1. The van der Waals surface area contributed by atoms with Crippen LogP contribution in [0, 0.1) is 0 Å². The summed E-state index contributed by atoms with van der Waals surface area (Å²) in [5.74, 6) is -3.98. The van der Waals surface area contributed by atoms with Crippen LogP contribution >= 0.6 is 0 Å². The van der Waals surface area contributed by atoms with E-state index in [0.29, 0.717) is 11.1 Å². The number of ether oxygens (including phenoxy) is 3. The first-order valence-electron chi connectivity index (χ1n) is 15.7. The SMILES string of the molecule is CC(=O)Oc1ccccc1C(=O)Oc1ccccc1C(=O)O.CCN(CC)C(C)OC(=O)c1ccc(Cc2ccccc2O)c(C(C)=O)c1O. The lowest BCUT2D eigenvalue weighted by Crippen LogP contribution is -2.36. The van der Waals surface area contributed by atoms with E-state index >= 15 is 0 Å². The van der Waals surface area contributed by atoms with E-state index in [-0.39, 0.29) is 51.7 Å². The number of ketones is 1. The van der Waals surface area contributed by atoms with Gasteiger partial charge in [-0.05, 0) is 74.5 Å². The number of benzene rings is 4. The maximum Gasteiger partial charge on any atom is 0.347 e. The van der Waals surface area contributed by atoms with E-state index in [9.17, 15) is 34.2 Å². The summed E-state index contributed by atoms with van der Waals surface area (Å²) in [7, 11) is 0. The smallest absolute Gasteiger partial charge is 0.347 e. The number of hydrogen-bond acceptors (Lipinski definition) is 11. The number of carbonyl (C=O) groups is 5. The molecular formula is C38H39NO11. The second-order valence-electron chi connectivity index (χ2n) is 10.9. The first kappa shape index (κ1) is 38.4. The van der Waals surface area contributed by atoms with Crippen molar-refractivity contribution in [1.82, 2.24) is 4.90 Å². The number of carboxylic acid groups (broad SMARTS) is 1. The number of Topliss-reactive ketones (excluding diaryl/α,β-unsaturated/α-hetero) is 1. The van der Waals surface area contributed by atoms with Gasteiger partial charge in [-0.2, -0.15) is 0 Å². The van der Waals surface area contributed by atoms with E-state index in [2.05, 4.69) is 0 Å². The quantitative estimate of drug-likeness (QED) is 0.0661. The van der Waals surface area contributed by atoms with Gasteiger partial charge in [0, 0.05) is 13.3 Å². The van der Waals surface area contributed by atoms with Gasteiger partial charge in [0.15, 0.2) is 12.0 Å². The van der Waals surface area contributed by atoms with Gasteiger partial charge in [0.25, 0.3) is 0 Å². The van der Waals surface area contributed by atoms with Gasteiger partial charge in [0.2, 0.25) is 0 Å². The Morgan fingerprint density at radius 1 is 0.680 bits per heavy atom. The molecule has 0 saturated carbocycles. The molecule has 1 atom stereocenters. The predicted molar refractivity (Wildman–Crippen MR) is 183 cm³/mol. The van der Waals surface area contributed by atoms with Crippen LogP contribution in [0.25, 0.3) is 0 Å². The standard InChI is InChI=1S/C22H27NO5.C16H12O6/c1-5-23(6-2)15(4)28-22(27)18-12-11-17(20(14(3)24)21(18)26)13-16-9-7-8-10-19(16)25;1-10(17)21-14-9-5-3-7-12(14)16(20)22-13-8-4-2-6-11(13)15(18)19/h7-12,15,25-26H,5-6,13H2,1-4H3;2-9H,1H3,(H,18,19). The summed E-state index contributed by atoms with van der Waals surface area (Å²) in [5, 5.41) is 29.7. The zero-order valence-corrected chi connectivity index (χ0v) is 28.3. The van der Waals surface area contributed by atoms with Crippen molar-refractivity contribution in [1.29, 1.82) is 0 Å². The average Bonchev–Trinajstić information content (AvgIpc) is 3.06. The van der Waals surface area contributed by atoms with Gasteiger partial charge in [-0.25, -0.2) is 14.4 Å². The monoisotopic (exact) mass is 685 g/mol. The van der Waals surface area contributed by atoms with Crippen molar-refractivity contribution in [2.75, 3.05) is 13.1 Å². The van der Waals surface area contributed by atoms with Crippen LogP contribution < -0.4 is 9.47 Å². The first-order valence-corrected chi connectivity index (χ1v) is 15.7. The van der Waals surface area contributed by atoms with Crippen molar-refractivity contribution in [3.63, 3.8) is 0 Å². The summed E-state index contributed by atoms with van der Waals surface area (Å²) in [6.07, 6.45) is -0.205. The number of phenols is 2. The lowest BCUT2D eigenvalue weighted by atomic mass is 9.94. The highest BCUT2D eigenvalue weighted by Gasteiger charge is 2.24. The number of aromatic hydroxyl groups is 2. The molecule has 50 heavy (non-hydrogen) atoms. The van der Waals surface area contributed by atoms with Crippen LogP contribution in [-0.2, 0) is 16.0 Å². The minimum absolute atomic E-state index is 0.0258. The maximum absolute atomic E-state index is 12.6. The Balaban J connectivity index is 0.000000278. The molecule has 0 aliphatic rings. The Kier molecular flexibility index (Phi) is 13.8. The highest BCUT2D eigenvalue weighted by atomic mass is 16.6. The van der Waals surface area contributed by atoms with Gasteiger partial charge in [-0.3, -0.25) is 14.5 Å². The fourth-order valence-electron chi connectivity index (χ4n) is 5.00. The van der Waals surface area contributed by atoms with Crippen LogP contribution in [0.15, 0.2) is 84.9 Å². The van der Waals surface area contributed by atoms with E-state index in [1.807, 2.05) is 18.7 Å². The number of carboxylic acids is 1. The Morgan fingerprint density at radius 3 is 1.80 bits per heavy atom. The zero-order chi connectivity index (χ0) is 37.0. The van der Waals surface area contributed by atoms with Crippen molar-refractivity contribution in [2.45, 2.75) is 47.3 Å². The van der Waals surface area contributed by atoms with E-state index in [0.717, 1.165) is 13.1 Å². The van der Waals surface area contributed by atoms with Gasteiger partial charge >= 0.3 is 23.9 Å². The van der Waals surface area contributed by atoms with E-state index < -0.39 is 35.9 Å². The molecule has 4 aromatic rings. The molecule has 0 heterocycles. The van der Waals surface area contributed by atoms with Crippen LogP contribution in [0.2, 0.25) is 0 Å². The fraction of sp³-hybridized carbons (Fsp3) is 0.237. The molecule has 0 fully saturated rings. The summed E-state index contributed by atoms with van der Waals surface area (Å²) in [6.45, 7) is 9.67. The van der Waals surface area contributed by atoms with Gasteiger partial charge in [0.05, 0.1) is 5.56 Å². The van der Waals surface area contributed by atoms with Crippen LogP contribution in [0.5, 0.6) is 23.0 Å². The van der Waals surface area contributed by atoms with Crippen molar-refractivity contribution in [2.24, 2.45) is 0 Å². The molecule has 0 amide bonds. The molecule has 3 N–H and O–H groups in total. The number of phenolic OH excluding ortho intramolecular Hbond substituents is 2. The van der Waals surface area contributed by atoms with Gasteiger partial charge in [-0.15, -0.1) is 0 Å². The van der Waals surface area contributed by atoms with Crippen LogP contribution in [0.3, 0.4) is 0 Å². The summed E-state index contributed by atoms with van der Waals surface area (Å²) in [4.78, 5) is 61.0. The second kappa shape index (κ2) is 17.9. The van der Waals surface area contributed by atoms with Crippen molar-refractivity contribution < 1.29 is 53.5 Å². The lowest BCUT2D eigenvalue weighted by Gasteiger charge is -2.26. The molecule has 1 unspecified atom stereocenters. The molecule has 4 rings (SSSR count). The molecule has 0 bridgehead atoms. The molecule has 0 aliphatic carbocycles. The number of rotatable bonds is 12. The minimum Gasteiger partial charge on any atom is -0.508 e. The molecule has 0 saturated heterocycles. The van der Waals surface area contributed by atoms with Gasteiger partial charge < -0.3 is 29.5 Å². The third-order valence-corrected chi connectivity index (χ3v) is 7.49. The largest absolute Gasteiger partial charge is 0.508 e. The van der Waals surface area contributed by atoms with Crippen LogP contribution in [-0.4, -0.2) is 69.2 Å². The summed E-state index contributed by atoms with van der Waals surface area (Å²) in [5.41, 5.74) is 1.05. The van der Waals surface area contributed by atoms with E-state index in [4.69, 9.17) is 19.3 Å². The third kappa shape index (κ3) is 10.0. The van der Waals surface area contributed by atoms with Gasteiger partial charge in [0.1, 0.15) is 39.7 Å². The molecule has 4 aromatic carbocycles. The summed E-state index contributed by atoms with van der Waals surface area (Å²) in [6, 6.07) is 21.7.